The van der Waals surface area contributed by atoms with Crippen LogP contribution in [0.15, 0.2) is 122 Å². The van der Waals surface area contributed by atoms with E-state index in [1.54, 1.807) is 0 Å². The molecule has 0 aliphatic rings. The number of hydrogen-bond donors (Lipinski definition) is 0. The smallest absolute Gasteiger partial charge is 0.306 e. The predicted octanol–water partition coefficient (Wildman–Crippen LogP) is 23.6. The molecule has 1 unspecified atom stereocenters. The van der Waals surface area contributed by atoms with Crippen LogP contribution in [0.1, 0.15) is 316 Å². The molecule has 0 aromatic heterocycles. The topological polar surface area (TPSA) is 78.9 Å². The Labute approximate surface area is 501 Å². The zero-order valence-corrected chi connectivity index (χ0v) is 53.0. The van der Waals surface area contributed by atoms with E-state index in [2.05, 4.69) is 142 Å². The molecule has 0 N–H and O–H groups in total. The molecule has 0 fully saturated rings. The Morgan fingerprint density at radius 2 is 0.481 bits per heavy atom. The van der Waals surface area contributed by atoms with E-state index in [9.17, 15) is 14.4 Å². The number of esters is 3. The monoisotopic (exact) mass is 1120 g/mol. The third kappa shape index (κ3) is 66.5. The molecule has 0 amide bonds. The van der Waals surface area contributed by atoms with Crippen molar-refractivity contribution < 1.29 is 28.6 Å². The highest BCUT2D eigenvalue weighted by Gasteiger charge is 2.19. The first kappa shape index (κ1) is 76.8. The van der Waals surface area contributed by atoms with Crippen LogP contribution in [0.4, 0.5) is 0 Å². The van der Waals surface area contributed by atoms with E-state index in [-0.39, 0.29) is 31.1 Å². The minimum atomic E-state index is -0.797. The van der Waals surface area contributed by atoms with Gasteiger partial charge in [0.2, 0.25) is 0 Å². The van der Waals surface area contributed by atoms with Crippen molar-refractivity contribution in [3.05, 3.63) is 122 Å². The zero-order valence-electron chi connectivity index (χ0n) is 53.0. The summed E-state index contributed by atoms with van der Waals surface area (Å²) in [5.74, 6) is -0.912. The van der Waals surface area contributed by atoms with Crippen LogP contribution in [-0.2, 0) is 28.6 Å². The molecule has 81 heavy (non-hydrogen) atoms. The summed E-state index contributed by atoms with van der Waals surface area (Å²) in [5, 5.41) is 0. The minimum absolute atomic E-state index is 0.0916. The largest absolute Gasteiger partial charge is 0.462 e. The molecule has 0 aromatic carbocycles. The summed E-state index contributed by atoms with van der Waals surface area (Å²) in [7, 11) is 0. The Morgan fingerprint density at radius 1 is 0.259 bits per heavy atom. The summed E-state index contributed by atoms with van der Waals surface area (Å²) in [6.45, 7) is 6.51. The lowest BCUT2D eigenvalue weighted by Gasteiger charge is -2.18. The highest BCUT2D eigenvalue weighted by molar-refractivity contribution is 5.71. The van der Waals surface area contributed by atoms with Gasteiger partial charge in [0.1, 0.15) is 13.2 Å². The number of carbonyl (C=O) groups is 3. The molecule has 0 rings (SSSR count). The van der Waals surface area contributed by atoms with Crippen molar-refractivity contribution in [2.24, 2.45) is 0 Å². The van der Waals surface area contributed by atoms with Gasteiger partial charge in [0.05, 0.1) is 0 Å². The maximum absolute atomic E-state index is 12.9. The second-order valence-corrected chi connectivity index (χ2v) is 22.3. The first-order valence-corrected chi connectivity index (χ1v) is 34.0. The lowest BCUT2D eigenvalue weighted by Crippen LogP contribution is -2.30. The van der Waals surface area contributed by atoms with E-state index in [1.165, 1.54) is 141 Å². The molecule has 6 heteroatoms. The summed E-state index contributed by atoms with van der Waals surface area (Å²) >= 11 is 0. The summed E-state index contributed by atoms with van der Waals surface area (Å²) < 4.78 is 16.9. The average Bonchev–Trinajstić information content (AvgIpc) is 3.47. The Morgan fingerprint density at radius 3 is 0.765 bits per heavy atom. The minimum Gasteiger partial charge on any atom is -0.462 e. The molecular weight excluding hydrogens is 997 g/mol. The second-order valence-electron chi connectivity index (χ2n) is 22.3. The predicted molar refractivity (Wildman–Crippen MR) is 353 cm³/mol. The molecule has 0 aliphatic heterocycles. The summed E-state index contributed by atoms with van der Waals surface area (Å²) in [5.41, 5.74) is 0. The van der Waals surface area contributed by atoms with Gasteiger partial charge in [-0.15, -0.1) is 0 Å². The normalized spacial score (nSPS) is 12.9. The fourth-order valence-electron chi connectivity index (χ4n) is 9.33. The van der Waals surface area contributed by atoms with Gasteiger partial charge in [-0.3, -0.25) is 14.4 Å². The Bertz CT molecular complexity index is 1670. The van der Waals surface area contributed by atoms with Crippen molar-refractivity contribution in [2.45, 2.75) is 322 Å². The van der Waals surface area contributed by atoms with Crippen LogP contribution in [0.3, 0.4) is 0 Å². The van der Waals surface area contributed by atoms with E-state index < -0.39 is 6.10 Å². The van der Waals surface area contributed by atoms with Gasteiger partial charge in [-0.05, 0) is 135 Å². The molecule has 0 spiro atoms. The van der Waals surface area contributed by atoms with Gasteiger partial charge < -0.3 is 14.2 Å². The van der Waals surface area contributed by atoms with Gasteiger partial charge in [0.15, 0.2) is 6.10 Å². The van der Waals surface area contributed by atoms with E-state index >= 15 is 0 Å². The average molecular weight is 1120 g/mol. The van der Waals surface area contributed by atoms with Crippen molar-refractivity contribution in [1.82, 2.24) is 0 Å². The molecule has 0 saturated heterocycles. The number of carbonyl (C=O) groups excluding carboxylic acids is 3. The first-order chi connectivity index (χ1) is 40.0. The van der Waals surface area contributed by atoms with Crippen LogP contribution < -0.4 is 0 Å². The molecule has 0 aromatic rings. The van der Waals surface area contributed by atoms with Crippen LogP contribution in [-0.4, -0.2) is 37.2 Å². The summed E-state index contributed by atoms with van der Waals surface area (Å²) in [6.07, 6.45) is 94.9. The number of allylic oxidation sites excluding steroid dienone is 20. The maximum atomic E-state index is 12.9. The van der Waals surface area contributed by atoms with Gasteiger partial charge in [0.25, 0.3) is 0 Å². The fourth-order valence-corrected chi connectivity index (χ4v) is 9.33. The number of hydrogen-bond acceptors (Lipinski definition) is 6. The first-order valence-electron chi connectivity index (χ1n) is 34.0. The number of ether oxygens (including phenoxy) is 3. The Balaban J connectivity index is 4.41. The zero-order chi connectivity index (χ0) is 58.5. The van der Waals surface area contributed by atoms with Gasteiger partial charge in [-0.2, -0.15) is 0 Å². The SMILES string of the molecule is CC/C=C\C/C=C\C/C=C\C/C=C\C/C=C\C/C=C\CCCCCCCCCCC(=O)OCC(COC(=O)CCCCCCC/C=C\CCCCCCCC)OC(=O)CCCCCCCC/C=C\C/C=C\C/C=C\CCCCCCC. The Kier molecular flexibility index (Phi) is 64.8. The molecule has 1 atom stereocenters. The van der Waals surface area contributed by atoms with E-state index in [0.717, 1.165) is 135 Å². The standard InChI is InChI=1S/C75H126O6/c1-4-7-10-13-16-19-22-25-28-30-32-34-35-36-37-38-39-41-42-44-47-50-53-56-59-62-65-68-74(77)80-71-72(70-79-73(76)67-64-61-58-55-52-49-46-27-24-21-18-15-12-9-6-3)81-75(78)69-66-63-60-57-54-51-48-45-43-40-33-31-29-26-23-20-17-14-11-8-5-2/h7,10,16,19,23,25-28,31-34,36-37,39,41,43,45-46,72H,4-6,8-9,11-15,17-18,20-22,24,29-30,35,38,40,42,44,47-71H2,1-3H3/b10-7-,19-16-,26-23-,28-25-,33-31-,34-32-,37-36-,41-39-,45-43-,46-27-. The molecule has 0 aliphatic carbocycles. The van der Waals surface area contributed by atoms with Gasteiger partial charge in [-0.25, -0.2) is 0 Å². The highest BCUT2D eigenvalue weighted by atomic mass is 16.6. The third-order valence-corrected chi connectivity index (χ3v) is 14.4. The van der Waals surface area contributed by atoms with Gasteiger partial charge in [-0.1, -0.05) is 284 Å². The fraction of sp³-hybridized carbons (Fsp3) is 0.693. The number of unbranched alkanes of at least 4 members (excludes halogenated alkanes) is 30. The molecule has 0 radical (unpaired) electrons. The second kappa shape index (κ2) is 68.3. The van der Waals surface area contributed by atoms with E-state index in [4.69, 9.17) is 14.2 Å². The molecule has 0 bridgehead atoms. The van der Waals surface area contributed by atoms with Crippen LogP contribution in [0.25, 0.3) is 0 Å². The van der Waals surface area contributed by atoms with Crippen molar-refractivity contribution in [3.63, 3.8) is 0 Å². The number of rotatable bonds is 61. The van der Waals surface area contributed by atoms with Crippen molar-refractivity contribution >= 4 is 17.9 Å². The van der Waals surface area contributed by atoms with E-state index in [1.807, 2.05) is 0 Å². The van der Waals surface area contributed by atoms with E-state index in [0.29, 0.717) is 19.3 Å². The molecule has 462 valence electrons. The highest BCUT2D eigenvalue weighted by Crippen LogP contribution is 2.15. The Hall–Kier alpha value is -4.19. The van der Waals surface area contributed by atoms with Crippen LogP contribution in [0.5, 0.6) is 0 Å². The molecular formula is C75H126O6. The van der Waals surface area contributed by atoms with Crippen LogP contribution in [0.2, 0.25) is 0 Å². The molecule has 0 saturated carbocycles. The van der Waals surface area contributed by atoms with Crippen LogP contribution >= 0.6 is 0 Å². The van der Waals surface area contributed by atoms with Crippen molar-refractivity contribution in [1.29, 1.82) is 0 Å². The van der Waals surface area contributed by atoms with Crippen molar-refractivity contribution in [3.8, 4) is 0 Å². The van der Waals surface area contributed by atoms with Gasteiger partial charge >= 0.3 is 17.9 Å². The van der Waals surface area contributed by atoms with Crippen molar-refractivity contribution in [2.75, 3.05) is 13.2 Å². The quantitative estimate of drug-likeness (QED) is 0.0261. The summed E-state index contributed by atoms with van der Waals surface area (Å²) in [4.78, 5) is 38.4. The lowest BCUT2D eigenvalue weighted by atomic mass is 10.1. The van der Waals surface area contributed by atoms with Crippen LogP contribution in [0, 0.1) is 0 Å². The lowest BCUT2D eigenvalue weighted by molar-refractivity contribution is -0.167. The molecule has 6 nitrogen and oxygen atoms in total. The third-order valence-electron chi connectivity index (χ3n) is 14.4. The van der Waals surface area contributed by atoms with Gasteiger partial charge in [0, 0.05) is 19.3 Å². The maximum Gasteiger partial charge on any atom is 0.306 e. The summed E-state index contributed by atoms with van der Waals surface area (Å²) in [6, 6.07) is 0. The molecule has 0 heterocycles.